The van der Waals surface area contributed by atoms with E-state index in [9.17, 15) is 30.3 Å². The molecule has 1 amide bonds. The third-order valence-corrected chi connectivity index (χ3v) is 5.41. The molecule has 0 heterocycles. The lowest BCUT2D eigenvalue weighted by Crippen LogP contribution is -2.13. The molecule has 0 spiro atoms. The molecule has 0 aliphatic heterocycles. The highest BCUT2D eigenvalue weighted by molar-refractivity contribution is 6.30. The Kier molecular flexibility index (Phi) is 9.34. The highest BCUT2D eigenvalue weighted by Crippen LogP contribution is 2.41. The molecule has 3 aromatic rings. The Labute approximate surface area is 227 Å². The van der Waals surface area contributed by atoms with Gasteiger partial charge < -0.3 is 14.8 Å². The largest absolute Gasteiger partial charge is 0.490 e. The summed E-state index contributed by atoms with van der Waals surface area (Å²) in [6, 6.07) is 14.4. The Morgan fingerprint density at radius 2 is 1.82 bits per heavy atom. The van der Waals surface area contributed by atoms with Crippen LogP contribution >= 0.6 is 11.6 Å². The second kappa shape index (κ2) is 12.8. The Bertz CT molecular complexity index is 1510. The standard InChI is InChI=1S/C27H21ClN4O7/c1-3-5-18-12-17(13-19(16-29)27(33)30-21-8-6-20(28)7-9-21)14-25(38-4-2)26(18)39-24-11-10-22(31(34)35)15-23(24)32(36)37/h3,6-15H,1,4-5H2,2H3,(H,30,33)/b19-13+. The molecule has 0 aromatic heterocycles. The minimum Gasteiger partial charge on any atom is -0.490 e. The summed E-state index contributed by atoms with van der Waals surface area (Å²) in [5.41, 5.74) is 0.0736. The van der Waals surface area contributed by atoms with Crippen molar-refractivity contribution in [2.24, 2.45) is 0 Å². The fourth-order valence-electron chi connectivity index (χ4n) is 3.46. The summed E-state index contributed by atoms with van der Waals surface area (Å²) in [5, 5.41) is 35.4. The van der Waals surface area contributed by atoms with E-state index < -0.39 is 27.1 Å². The maximum atomic E-state index is 12.7. The highest BCUT2D eigenvalue weighted by atomic mass is 35.5. The molecule has 0 saturated carbocycles. The molecule has 0 unspecified atom stereocenters. The van der Waals surface area contributed by atoms with Gasteiger partial charge in [0.1, 0.15) is 11.6 Å². The van der Waals surface area contributed by atoms with E-state index in [-0.39, 0.29) is 35.8 Å². The van der Waals surface area contributed by atoms with Crippen LogP contribution in [0.3, 0.4) is 0 Å². The minimum atomic E-state index is -0.786. The third kappa shape index (κ3) is 7.18. The van der Waals surface area contributed by atoms with Gasteiger partial charge in [-0.05, 0) is 67.4 Å². The minimum absolute atomic E-state index is 0.120. The number of nitrogens with one attached hydrogen (secondary N) is 1. The molecular formula is C27H21ClN4O7. The van der Waals surface area contributed by atoms with Crippen molar-refractivity contribution in [1.29, 1.82) is 5.26 Å². The Balaban J connectivity index is 2.05. The summed E-state index contributed by atoms with van der Waals surface area (Å²) in [4.78, 5) is 33.9. The van der Waals surface area contributed by atoms with Gasteiger partial charge in [-0.2, -0.15) is 5.26 Å². The van der Waals surface area contributed by atoms with Crippen LogP contribution in [0.5, 0.6) is 17.2 Å². The van der Waals surface area contributed by atoms with E-state index >= 15 is 0 Å². The van der Waals surface area contributed by atoms with Crippen LogP contribution in [-0.2, 0) is 11.2 Å². The van der Waals surface area contributed by atoms with Crippen molar-refractivity contribution < 1.29 is 24.1 Å². The number of anilines is 1. The van der Waals surface area contributed by atoms with Crippen LogP contribution in [0.2, 0.25) is 5.02 Å². The van der Waals surface area contributed by atoms with Crippen molar-refractivity contribution in [1.82, 2.24) is 0 Å². The van der Waals surface area contributed by atoms with Gasteiger partial charge in [-0.25, -0.2) is 0 Å². The average Bonchev–Trinajstić information content (AvgIpc) is 2.90. The molecule has 3 aromatic carbocycles. The zero-order valence-corrected chi connectivity index (χ0v) is 21.3. The van der Waals surface area contributed by atoms with Crippen LogP contribution in [0.4, 0.5) is 17.1 Å². The first kappa shape index (κ1) is 28.4. The Morgan fingerprint density at radius 3 is 2.41 bits per heavy atom. The fourth-order valence-corrected chi connectivity index (χ4v) is 3.58. The first-order valence-corrected chi connectivity index (χ1v) is 11.7. The molecule has 12 heteroatoms. The predicted molar refractivity (Wildman–Crippen MR) is 145 cm³/mol. The zero-order chi connectivity index (χ0) is 28.5. The maximum absolute atomic E-state index is 12.7. The zero-order valence-electron chi connectivity index (χ0n) is 20.5. The summed E-state index contributed by atoms with van der Waals surface area (Å²) in [6.07, 6.45) is 3.16. The third-order valence-electron chi connectivity index (χ3n) is 5.16. The monoisotopic (exact) mass is 548 g/mol. The average molecular weight is 549 g/mol. The van der Waals surface area contributed by atoms with Gasteiger partial charge in [0.25, 0.3) is 11.6 Å². The molecule has 198 valence electrons. The van der Waals surface area contributed by atoms with Gasteiger partial charge in [-0.15, -0.1) is 6.58 Å². The topological polar surface area (TPSA) is 158 Å². The number of benzene rings is 3. The number of ether oxygens (including phenoxy) is 2. The normalized spacial score (nSPS) is 10.7. The van der Waals surface area contributed by atoms with Crippen molar-refractivity contribution in [2.75, 3.05) is 11.9 Å². The summed E-state index contributed by atoms with van der Waals surface area (Å²) >= 11 is 5.87. The lowest BCUT2D eigenvalue weighted by molar-refractivity contribution is -0.394. The van der Waals surface area contributed by atoms with E-state index in [0.29, 0.717) is 21.8 Å². The van der Waals surface area contributed by atoms with Crippen LogP contribution in [0.1, 0.15) is 18.1 Å². The van der Waals surface area contributed by atoms with E-state index in [2.05, 4.69) is 11.9 Å². The number of halogens is 1. The number of carbonyl (C=O) groups is 1. The van der Waals surface area contributed by atoms with Crippen LogP contribution in [-0.4, -0.2) is 22.4 Å². The molecule has 0 fully saturated rings. The molecule has 0 bridgehead atoms. The van der Waals surface area contributed by atoms with Gasteiger partial charge in [-0.1, -0.05) is 17.7 Å². The van der Waals surface area contributed by atoms with Gasteiger partial charge >= 0.3 is 5.69 Å². The molecular weight excluding hydrogens is 528 g/mol. The van der Waals surface area contributed by atoms with Gasteiger partial charge in [0.15, 0.2) is 11.5 Å². The van der Waals surface area contributed by atoms with Crippen LogP contribution in [0, 0.1) is 31.6 Å². The molecule has 0 atom stereocenters. The molecule has 11 nitrogen and oxygen atoms in total. The summed E-state index contributed by atoms with van der Waals surface area (Å²) < 4.78 is 11.6. The fraction of sp³-hybridized carbons (Fsp3) is 0.111. The molecule has 39 heavy (non-hydrogen) atoms. The number of nitro groups is 2. The summed E-state index contributed by atoms with van der Waals surface area (Å²) in [5.74, 6) is -0.591. The first-order chi connectivity index (χ1) is 18.7. The van der Waals surface area contributed by atoms with E-state index in [1.807, 2.05) is 6.07 Å². The summed E-state index contributed by atoms with van der Waals surface area (Å²) in [6.45, 7) is 5.64. The van der Waals surface area contributed by atoms with E-state index in [1.165, 1.54) is 12.1 Å². The molecule has 3 rings (SSSR count). The second-order valence-corrected chi connectivity index (χ2v) is 8.27. The van der Waals surface area contributed by atoms with E-state index in [1.54, 1.807) is 43.3 Å². The predicted octanol–water partition coefficient (Wildman–Crippen LogP) is 6.62. The number of nitrogens with zero attached hydrogens (tertiary/aromatic N) is 3. The van der Waals surface area contributed by atoms with Crippen molar-refractivity contribution in [3.8, 4) is 23.3 Å². The van der Waals surface area contributed by atoms with Gasteiger partial charge in [0, 0.05) is 22.3 Å². The Hall–Kier alpha value is -5.21. The lowest BCUT2D eigenvalue weighted by atomic mass is 10.0. The van der Waals surface area contributed by atoms with Crippen LogP contribution in [0.15, 0.2) is 72.8 Å². The number of carbonyl (C=O) groups excluding carboxylic acids is 1. The summed E-state index contributed by atoms with van der Waals surface area (Å²) in [7, 11) is 0. The number of amides is 1. The molecule has 0 radical (unpaired) electrons. The van der Waals surface area contributed by atoms with Crippen LogP contribution < -0.4 is 14.8 Å². The van der Waals surface area contributed by atoms with Crippen molar-refractivity contribution in [3.05, 3.63) is 109 Å². The Morgan fingerprint density at radius 1 is 1.10 bits per heavy atom. The maximum Gasteiger partial charge on any atom is 0.318 e. The van der Waals surface area contributed by atoms with Gasteiger partial charge in [0.05, 0.1) is 22.5 Å². The first-order valence-electron chi connectivity index (χ1n) is 11.4. The quantitative estimate of drug-likeness (QED) is 0.0919. The van der Waals surface area contributed by atoms with Gasteiger partial charge in [-0.3, -0.25) is 25.0 Å². The molecule has 0 saturated heterocycles. The highest BCUT2D eigenvalue weighted by Gasteiger charge is 2.24. The molecule has 0 aliphatic carbocycles. The van der Waals surface area contributed by atoms with Gasteiger partial charge in [0.2, 0.25) is 5.75 Å². The van der Waals surface area contributed by atoms with Crippen molar-refractivity contribution >= 4 is 40.6 Å². The SMILES string of the molecule is C=CCc1cc(/C=C(\C#N)C(=O)Nc2ccc(Cl)cc2)cc(OCC)c1Oc1ccc([N+](=O)[O-])cc1[N+](=O)[O-]. The lowest BCUT2D eigenvalue weighted by Gasteiger charge is -2.16. The smallest absolute Gasteiger partial charge is 0.318 e. The number of nitriles is 1. The van der Waals surface area contributed by atoms with E-state index in [4.69, 9.17) is 21.1 Å². The number of non-ortho nitro benzene ring substituents is 1. The van der Waals surface area contributed by atoms with Crippen molar-refractivity contribution in [3.63, 3.8) is 0 Å². The number of nitro benzene ring substituents is 2. The molecule has 0 aliphatic rings. The number of allylic oxidation sites excluding steroid dienone is 1. The molecule has 1 N–H and O–H groups in total. The van der Waals surface area contributed by atoms with E-state index in [0.717, 1.165) is 18.2 Å². The second-order valence-electron chi connectivity index (χ2n) is 7.83. The van der Waals surface area contributed by atoms with Crippen molar-refractivity contribution in [2.45, 2.75) is 13.3 Å². The number of rotatable bonds is 11. The number of hydrogen-bond donors (Lipinski definition) is 1. The van der Waals surface area contributed by atoms with Crippen LogP contribution in [0.25, 0.3) is 6.08 Å². The number of hydrogen-bond acceptors (Lipinski definition) is 8.